The predicted molar refractivity (Wildman–Crippen MR) is 95.3 cm³/mol. The number of carbonyl (C=O) groups is 1. The summed E-state index contributed by atoms with van der Waals surface area (Å²) in [5, 5.41) is 8.53. The highest BCUT2D eigenvalue weighted by molar-refractivity contribution is 7.98. The molecule has 0 atom stereocenters. The lowest BCUT2D eigenvalue weighted by molar-refractivity contribution is -0.137. The Bertz CT molecular complexity index is 219. The zero-order valence-corrected chi connectivity index (χ0v) is 14.9. The number of hydrogen-bond donors (Lipinski definition) is 1. The molecule has 0 aliphatic rings. The van der Waals surface area contributed by atoms with Gasteiger partial charge in [-0.1, -0.05) is 77.0 Å². The predicted octanol–water partition coefficient (Wildman–Crippen LogP) is 6.29. The third kappa shape index (κ3) is 19.8. The molecule has 0 bridgehead atoms. The molecule has 0 aromatic rings. The minimum absolute atomic E-state index is 0.345. The second kappa shape index (κ2) is 17.9. The summed E-state index contributed by atoms with van der Waals surface area (Å²) < 4.78 is 0. The number of rotatable bonds is 17. The molecule has 126 valence electrons. The Morgan fingerprint density at radius 2 is 1.00 bits per heavy atom. The van der Waals surface area contributed by atoms with E-state index >= 15 is 0 Å². The Kier molecular flexibility index (Phi) is 17.7. The van der Waals surface area contributed by atoms with E-state index in [1.54, 1.807) is 0 Å². The Balaban J connectivity index is 2.95. The number of hydrogen-bond acceptors (Lipinski definition) is 2. The fourth-order valence-electron chi connectivity index (χ4n) is 2.64. The first-order valence-electron chi connectivity index (χ1n) is 8.98. The molecule has 3 heteroatoms. The standard InChI is InChI=1S/C18H36O2S/c1-21-17-15-13-11-9-7-5-3-2-4-6-8-10-12-14-16-18(19)20/h2-17H2,1H3,(H,19,20). The van der Waals surface area contributed by atoms with Crippen molar-refractivity contribution in [3.05, 3.63) is 0 Å². The number of unbranched alkanes of at least 4 members (excludes halogenated alkanes) is 13. The monoisotopic (exact) mass is 316 g/mol. The van der Waals surface area contributed by atoms with E-state index in [4.69, 9.17) is 5.11 Å². The van der Waals surface area contributed by atoms with Gasteiger partial charge in [0, 0.05) is 6.42 Å². The van der Waals surface area contributed by atoms with Crippen molar-refractivity contribution in [2.24, 2.45) is 0 Å². The highest BCUT2D eigenvalue weighted by atomic mass is 32.2. The van der Waals surface area contributed by atoms with E-state index in [-0.39, 0.29) is 0 Å². The van der Waals surface area contributed by atoms with E-state index in [1.165, 1.54) is 82.8 Å². The van der Waals surface area contributed by atoms with Gasteiger partial charge in [-0.05, 0) is 24.9 Å². The van der Waals surface area contributed by atoms with Crippen molar-refractivity contribution in [1.29, 1.82) is 0 Å². The molecule has 21 heavy (non-hydrogen) atoms. The molecule has 0 radical (unpaired) electrons. The van der Waals surface area contributed by atoms with Gasteiger partial charge in [0.1, 0.15) is 0 Å². The molecule has 0 saturated carbocycles. The fraction of sp³-hybridized carbons (Fsp3) is 0.944. The molecule has 0 amide bonds. The average molecular weight is 317 g/mol. The Morgan fingerprint density at radius 3 is 1.33 bits per heavy atom. The van der Waals surface area contributed by atoms with Crippen LogP contribution in [0.3, 0.4) is 0 Å². The number of carboxylic acid groups (broad SMARTS) is 1. The SMILES string of the molecule is CSCCCCCCCCCCCCCCCCC(=O)O. The molecule has 0 aliphatic heterocycles. The van der Waals surface area contributed by atoms with Crippen LogP contribution in [0, 0.1) is 0 Å². The molecule has 0 heterocycles. The summed E-state index contributed by atoms with van der Waals surface area (Å²) in [5.74, 6) is 0.676. The molecular formula is C18H36O2S. The second-order valence-corrected chi connectivity index (χ2v) is 7.07. The molecule has 2 nitrogen and oxygen atoms in total. The Labute approximate surface area is 136 Å². The van der Waals surface area contributed by atoms with Crippen LogP contribution in [0.5, 0.6) is 0 Å². The van der Waals surface area contributed by atoms with Crippen LogP contribution in [0.1, 0.15) is 96.3 Å². The molecule has 0 fully saturated rings. The van der Waals surface area contributed by atoms with E-state index in [0.717, 1.165) is 12.8 Å². The van der Waals surface area contributed by atoms with Gasteiger partial charge in [0.2, 0.25) is 0 Å². The van der Waals surface area contributed by atoms with Gasteiger partial charge in [-0.15, -0.1) is 0 Å². The van der Waals surface area contributed by atoms with Crippen LogP contribution in [-0.2, 0) is 4.79 Å². The van der Waals surface area contributed by atoms with Crippen LogP contribution in [0.25, 0.3) is 0 Å². The van der Waals surface area contributed by atoms with E-state index in [0.29, 0.717) is 6.42 Å². The molecule has 1 N–H and O–H groups in total. The summed E-state index contributed by atoms with van der Waals surface area (Å²) in [6.45, 7) is 0. The van der Waals surface area contributed by atoms with Crippen molar-refractivity contribution in [1.82, 2.24) is 0 Å². The first kappa shape index (κ1) is 20.8. The van der Waals surface area contributed by atoms with Gasteiger partial charge in [-0.2, -0.15) is 11.8 Å². The third-order valence-electron chi connectivity index (χ3n) is 3.99. The van der Waals surface area contributed by atoms with Gasteiger partial charge in [-0.25, -0.2) is 0 Å². The van der Waals surface area contributed by atoms with E-state index in [2.05, 4.69) is 6.26 Å². The van der Waals surface area contributed by atoms with Gasteiger partial charge in [-0.3, -0.25) is 4.79 Å². The summed E-state index contributed by atoms with van der Waals surface area (Å²) >= 11 is 1.96. The van der Waals surface area contributed by atoms with Crippen molar-refractivity contribution >= 4 is 17.7 Å². The summed E-state index contributed by atoms with van der Waals surface area (Å²) in [7, 11) is 0. The van der Waals surface area contributed by atoms with Gasteiger partial charge in [0.25, 0.3) is 0 Å². The molecule has 0 aliphatic carbocycles. The van der Waals surface area contributed by atoms with Gasteiger partial charge in [0.05, 0.1) is 0 Å². The average Bonchev–Trinajstić information content (AvgIpc) is 2.46. The second-order valence-electron chi connectivity index (χ2n) is 6.09. The lowest BCUT2D eigenvalue weighted by Gasteiger charge is -2.03. The number of thioether (sulfide) groups is 1. The van der Waals surface area contributed by atoms with Crippen LogP contribution in [0.4, 0.5) is 0 Å². The first-order valence-corrected chi connectivity index (χ1v) is 10.4. The van der Waals surface area contributed by atoms with Crippen molar-refractivity contribution in [3.8, 4) is 0 Å². The van der Waals surface area contributed by atoms with Crippen molar-refractivity contribution in [3.63, 3.8) is 0 Å². The maximum Gasteiger partial charge on any atom is 0.303 e. The smallest absolute Gasteiger partial charge is 0.303 e. The summed E-state index contributed by atoms with van der Waals surface area (Å²) in [4.78, 5) is 10.3. The highest BCUT2D eigenvalue weighted by Crippen LogP contribution is 2.13. The third-order valence-corrected chi connectivity index (χ3v) is 4.69. The van der Waals surface area contributed by atoms with E-state index < -0.39 is 5.97 Å². The van der Waals surface area contributed by atoms with E-state index in [1.807, 2.05) is 11.8 Å². The van der Waals surface area contributed by atoms with Crippen LogP contribution in [0.15, 0.2) is 0 Å². The zero-order chi connectivity index (χ0) is 15.6. The Morgan fingerprint density at radius 1 is 0.667 bits per heavy atom. The molecule has 0 spiro atoms. The van der Waals surface area contributed by atoms with Crippen LogP contribution in [-0.4, -0.2) is 23.1 Å². The maximum absolute atomic E-state index is 10.3. The fourth-order valence-corrected chi connectivity index (χ4v) is 3.14. The van der Waals surface area contributed by atoms with Crippen LogP contribution in [0.2, 0.25) is 0 Å². The normalized spacial score (nSPS) is 10.9. The van der Waals surface area contributed by atoms with E-state index in [9.17, 15) is 4.79 Å². The van der Waals surface area contributed by atoms with Crippen LogP contribution >= 0.6 is 11.8 Å². The number of aliphatic carboxylic acids is 1. The zero-order valence-electron chi connectivity index (χ0n) is 14.1. The summed E-state index contributed by atoms with van der Waals surface area (Å²) in [5.41, 5.74) is 0. The molecular weight excluding hydrogens is 280 g/mol. The molecule has 0 unspecified atom stereocenters. The van der Waals surface area contributed by atoms with Crippen LogP contribution < -0.4 is 0 Å². The van der Waals surface area contributed by atoms with Gasteiger partial charge < -0.3 is 5.11 Å². The van der Waals surface area contributed by atoms with Gasteiger partial charge in [0.15, 0.2) is 0 Å². The molecule has 0 aromatic carbocycles. The maximum atomic E-state index is 10.3. The summed E-state index contributed by atoms with van der Waals surface area (Å²) in [6, 6.07) is 0. The minimum atomic E-state index is -0.653. The van der Waals surface area contributed by atoms with Gasteiger partial charge >= 0.3 is 5.97 Å². The molecule has 0 rings (SSSR count). The van der Waals surface area contributed by atoms with Crippen molar-refractivity contribution in [2.45, 2.75) is 96.3 Å². The lowest BCUT2D eigenvalue weighted by Crippen LogP contribution is -1.93. The van der Waals surface area contributed by atoms with Crippen molar-refractivity contribution in [2.75, 3.05) is 12.0 Å². The topological polar surface area (TPSA) is 37.3 Å². The van der Waals surface area contributed by atoms with Crippen molar-refractivity contribution < 1.29 is 9.90 Å². The Hall–Kier alpha value is -0.180. The quantitative estimate of drug-likeness (QED) is 0.321. The highest BCUT2D eigenvalue weighted by Gasteiger charge is 1.97. The number of carboxylic acids is 1. The largest absolute Gasteiger partial charge is 0.481 e. The first-order chi connectivity index (χ1) is 10.3. The molecule has 0 saturated heterocycles. The minimum Gasteiger partial charge on any atom is -0.481 e. The summed E-state index contributed by atoms with van der Waals surface area (Å²) in [6.07, 6.45) is 21.0. The molecule has 0 aromatic heterocycles. The lowest BCUT2D eigenvalue weighted by atomic mass is 10.0.